The Morgan fingerprint density at radius 1 is 1.03 bits per heavy atom. The Balaban J connectivity index is 1.26. The summed E-state index contributed by atoms with van der Waals surface area (Å²) in [6, 6.07) is 3.27. The zero-order valence-corrected chi connectivity index (χ0v) is 33.1. The zero-order chi connectivity index (χ0) is 42.0. The number of rotatable bonds is 6. The predicted molar refractivity (Wildman–Crippen MR) is 197 cm³/mol. The number of para-hydroxylation sites is 2. The summed E-state index contributed by atoms with van der Waals surface area (Å²) in [5.41, 5.74) is -3.91. The Bertz CT molecular complexity index is 2130. The van der Waals surface area contributed by atoms with Crippen LogP contribution in [-0.4, -0.2) is 107 Å². The molecule has 1 aromatic heterocycles. The molecular weight excluding hydrogens is 793 g/mol. The molecule has 2 aromatic rings. The van der Waals surface area contributed by atoms with E-state index in [9.17, 15) is 36.4 Å². The highest BCUT2D eigenvalue weighted by Gasteiger charge is 2.67. The summed E-state index contributed by atoms with van der Waals surface area (Å²) in [6.07, 6.45) is -4.10. The number of allylic oxidation sites excluding steroid dienone is 1. The van der Waals surface area contributed by atoms with Gasteiger partial charge in [0.2, 0.25) is 34.1 Å². The van der Waals surface area contributed by atoms with Crippen LogP contribution < -0.4 is 20.1 Å². The zero-order valence-electron chi connectivity index (χ0n) is 32.3. The van der Waals surface area contributed by atoms with Gasteiger partial charge in [-0.25, -0.2) is 32.0 Å². The molecule has 1 aromatic carbocycles. The van der Waals surface area contributed by atoms with Gasteiger partial charge in [0.1, 0.15) is 29.8 Å². The smallest absolute Gasteiger partial charge is 0.408 e. The van der Waals surface area contributed by atoms with Crippen LogP contribution in [0.3, 0.4) is 0 Å². The average molecular weight is 839 g/mol. The van der Waals surface area contributed by atoms with Crippen molar-refractivity contribution in [3.05, 3.63) is 42.1 Å². The molecule has 316 valence electrons. The summed E-state index contributed by atoms with van der Waals surface area (Å²) < 4.78 is 105. The SMILES string of the molecule is CC(C)(C)[C@@H]1NC(=O)O[C@@H]2CCC[C@H]2OC/C=C/C(F)(F)c2nc3ccccc3nc2O[C@@H]2C[C@@H](C(=O)N[C@@]3(C(=O)NS(=O)(=O)C4(C)CC4)C[C@H]3C(F)F)N(C2)C1=O. The molecule has 7 atom stereocenters. The second kappa shape index (κ2) is 14.9. The van der Waals surface area contributed by atoms with E-state index in [-0.39, 0.29) is 30.5 Å². The average Bonchev–Trinajstić information content (AvgIpc) is 3.97. The summed E-state index contributed by atoms with van der Waals surface area (Å²) >= 11 is 0. The lowest BCUT2D eigenvalue weighted by molar-refractivity contribution is -0.143. The molecule has 58 heavy (non-hydrogen) atoms. The van der Waals surface area contributed by atoms with E-state index in [0.717, 1.165) is 11.0 Å². The van der Waals surface area contributed by atoms with Crippen molar-refractivity contribution in [1.82, 2.24) is 30.2 Å². The highest BCUT2D eigenvalue weighted by atomic mass is 32.2. The van der Waals surface area contributed by atoms with Crippen molar-refractivity contribution >= 4 is 44.9 Å². The molecule has 0 spiro atoms. The minimum absolute atomic E-state index is 0.130. The van der Waals surface area contributed by atoms with Crippen LogP contribution in [0, 0.1) is 11.3 Å². The number of fused-ring (bicyclic) bond motifs is 5. The van der Waals surface area contributed by atoms with E-state index < -0.39 is 129 Å². The number of alkyl carbamates (subject to hydrolysis) is 1. The van der Waals surface area contributed by atoms with Crippen LogP contribution in [0.5, 0.6) is 5.88 Å². The molecule has 4 amide bonds. The van der Waals surface area contributed by atoms with Crippen LogP contribution >= 0.6 is 0 Å². The number of benzene rings is 1. The highest BCUT2D eigenvalue weighted by molar-refractivity contribution is 7.91. The number of alkyl halides is 4. The fraction of sp³-hybridized carbons (Fsp3) is 0.632. The lowest BCUT2D eigenvalue weighted by atomic mass is 9.85. The monoisotopic (exact) mass is 838 g/mol. The Morgan fingerprint density at radius 2 is 1.71 bits per heavy atom. The predicted octanol–water partition coefficient (Wildman–Crippen LogP) is 3.86. The summed E-state index contributed by atoms with van der Waals surface area (Å²) in [4.78, 5) is 65.3. The molecular formula is C38H46F4N6O9S. The summed E-state index contributed by atoms with van der Waals surface area (Å²) in [7, 11) is -4.30. The maximum Gasteiger partial charge on any atom is 0.408 e. The Kier molecular flexibility index (Phi) is 10.7. The first-order valence-electron chi connectivity index (χ1n) is 19.2. The van der Waals surface area contributed by atoms with Crippen LogP contribution in [0.1, 0.15) is 78.3 Å². The van der Waals surface area contributed by atoms with Gasteiger partial charge >= 0.3 is 12.0 Å². The van der Waals surface area contributed by atoms with E-state index >= 15 is 8.78 Å². The van der Waals surface area contributed by atoms with E-state index in [4.69, 9.17) is 14.2 Å². The molecule has 3 saturated carbocycles. The molecule has 0 unspecified atom stereocenters. The minimum Gasteiger partial charge on any atom is -0.471 e. The van der Waals surface area contributed by atoms with Gasteiger partial charge in [0.15, 0.2) is 5.69 Å². The Labute approximate surface area is 332 Å². The second-order valence-corrected chi connectivity index (χ2v) is 19.3. The topological polar surface area (TPSA) is 195 Å². The number of carbonyl (C=O) groups is 4. The van der Waals surface area contributed by atoms with Gasteiger partial charge in [-0.3, -0.25) is 19.1 Å². The van der Waals surface area contributed by atoms with Crippen molar-refractivity contribution in [2.45, 2.75) is 126 Å². The number of aromatic nitrogens is 2. The number of nitrogens with one attached hydrogen (secondary N) is 3. The molecule has 3 N–H and O–H groups in total. The fourth-order valence-corrected chi connectivity index (χ4v) is 9.04. The van der Waals surface area contributed by atoms with Crippen LogP contribution in [0.4, 0.5) is 22.4 Å². The fourth-order valence-electron chi connectivity index (χ4n) is 7.73. The van der Waals surface area contributed by atoms with Crippen molar-refractivity contribution in [3.63, 3.8) is 0 Å². The van der Waals surface area contributed by atoms with Crippen LogP contribution in [0.15, 0.2) is 36.4 Å². The summed E-state index contributed by atoms with van der Waals surface area (Å²) in [5.74, 6) is -9.43. The number of hydrogen-bond acceptors (Lipinski definition) is 11. The van der Waals surface area contributed by atoms with Crippen molar-refractivity contribution in [2.24, 2.45) is 11.3 Å². The van der Waals surface area contributed by atoms with Gasteiger partial charge < -0.3 is 29.7 Å². The van der Waals surface area contributed by atoms with Crippen molar-refractivity contribution in [3.8, 4) is 5.88 Å². The maximum atomic E-state index is 16.1. The first-order chi connectivity index (χ1) is 27.1. The molecule has 0 radical (unpaired) electrons. The van der Waals surface area contributed by atoms with E-state index in [0.29, 0.717) is 25.3 Å². The third kappa shape index (κ3) is 8.05. The molecule has 3 aliphatic carbocycles. The summed E-state index contributed by atoms with van der Waals surface area (Å²) in [5, 5.41) is 4.94. The van der Waals surface area contributed by atoms with Crippen molar-refractivity contribution in [1.29, 1.82) is 0 Å². The molecule has 15 nitrogen and oxygen atoms in total. The van der Waals surface area contributed by atoms with Gasteiger partial charge in [0, 0.05) is 6.42 Å². The molecule has 5 aliphatic rings. The molecule has 2 bridgehead atoms. The number of ether oxygens (including phenoxy) is 3. The molecule has 20 heteroatoms. The van der Waals surface area contributed by atoms with Gasteiger partial charge in [-0.1, -0.05) is 39.0 Å². The molecule has 4 fully saturated rings. The van der Waals surface area contributed by atoms with Crippen LogP contribution in [0.25, 0.3) is 11.0 Å². The quantitative estimate of drug-likeness (QED) is 0.283. The number of carbonyl (C=O) groups excluding carboxylic acids is 4. The van der Waals surface area contributed by atoms with E-state index in [1.165, 1.54) is 19.1 Å². The van der Waals surface area contributed by atoms with Gasteiger partial charge in [0.05, 0.1) is 41.0 Å². The second-order valence-electron chi connectivity index (χ2n) is 17.1. The number of hydrogen-bond donors (Lipinski definition) is 3. The largest absolute Gasteiger partial charge is 0.471 e. The van der Waals surface area contributed by atoms with E-state index in [2.05, 4.69) is 20.6 Å². The van der Waals surface area contributed by atoms with Gasteiger partial charge in [0.25, 0.3) is 5.91 Å². The van der Waals surface area contributed by atoms with Gasteiger partial charge in [-0.05, 0) is 69.1 Å². The number of sulfonamides is 1. The van der Waals surface area contributed by atoms with E-state index in [1.807, 2.05) is 4.72 Å². The first-order valence-corrected chi connectivity index (χ1v) is 20.7. The van der Waals surface area contributed by atoms with E-state index in [1.54, 1.807) is 32.9 Å². The number of nitrogens with zero attached hydrogens (tertiary/aromatic N) is 3. The Hall–Kier alpha value is -4.59. The molecule has 3 heterocycles. The lowest BCUT2D eigenvalue weighted by Crippen LogP contribution is -2.60. The first kappa shape index (κ1) is 41.6. The molecule has 1 saturated heterocycles. The normalized spacial score (nSPS) is 31.4. The van der Waals surface area contributed by atoms with Gasteiger partial charge in [-0.2, -0.15) is 8.78 Å². The maximum absolute atomic E-state index is 16.1. The highest BCUT2D eigenvalue weighted by Crippen LogP contribution is 2.49. The summed E-state index contributed by atoms with van der Waals surface area (Å²) in [6.45, 7) is 5.63. The van der Waals surface area contributed by atoms with Crippen molar-refractivity contribution in [2.75, 3.05) is 13.2 Å². The third-order valence-electron chi connectivity index (χ3n) is 11.6. The van der Waals surface area contributed by atoms with Gasteiger partial charge in [-0.15, -0.1) is 0 Å². The molecule has 2 aliphatic heterocycles. The third-order valence-corrected chi connectivity index (χ3v) is 13.8. The van der Waals surface area contributed by atoms with Crippen LogP contribution in [0.2, 0.25) is 0 Å². The lowest BCUT2D eigenvalue weighted by Gasteiger charge is -2.35. The Morgan fingerprint density at radius 3 is 2.34 bits per heavy atom. The van der Waals surface area contributed by atoms with Crippen LogP contribution in [-0.2, 0) is 39.8 Å². The number of amides is 4. The molecule has 7 rings (SSSR count). The van der Waals surface area contributed by atoms with Crippen molar-refractivity contribution < 1.29 is 59.4 Å². The standard InChI is InChI=1S/C38H46F4N6O9S/c1-35(2,3)28-32(50)48-19-20(17-24(48)30(49)46-37(18-21(37)29(39)40)33(51)47-58(53,54)36(4)14-15-36)56-31-27(43-22-9-5-6-10-23(22)44-31)38(41,42)13-8-16-55-25-11-7-12-26(25)57-34(52)45-28/h5-6,8-10,13,20-21,24-26,28-29H,7,11-12,14-19H2,1-4H3,(H,45,52)(H,46,49)(H,47,51)/b13-8+/t20-,21+,24+,25-,26-,28-,37+/m1/s1. The minimum atomic E-state index is -4.30. The number of halogens is 4.